The first-order chi connectivity index (χ1) is 8.61. The summed E-state index contributed by atoms with van der Waals surface area (Å²) in [4.78, 5) is 12.4. The number of carbonyl (C=O) groups is 1. The molecule has 2 aromatic carbocycles. The Morgan fingerprint density at radius 1 is 1.17 bits per heavy atom. The van der Waals surface area contributed by atoms with Crippen LogP contribution < -0.4 is 4.74 Å². The summed E-state index contributed by atoms with van der Waals surface area (Å²) in [5.41, 5.74) is 2.13. The fraction of sp³-hybridized carbons (Fsp3) is 0.133. The molecule has 0 aliphatic heterocycles. The lowest BCUT2D eigenvalue weighted by Gasteiger charge is -2.07. The summed E-state index contributed by atoms with van der Waals surface area (Å²) in [7, 11) is 1.58. The van der Waals surface area contributed by atoms with Gasteiger partial charge < -0.3 is 4.74 Å². The van der Waals surface area contributed by atoms with E-state index in [1.807, 2.05) is 19.1 Å². The Balaban J connectivity index is 2.44. The van der Waals surface area contributed by atoms with Gasteiger partial charge >= 0.3 is 0 Å². The van der Waals surface area contributed by atoms with E-state index in [1.54, 1.807) is 37.4 Å². The fourth-order valence-corrected chi connectivity index (χ4v) is 1.93. The molecule has 0 heterocycles. The predicted octanol–water partition coefficient (Wildman–Crippen LogP) is 3.89. The minimum absolute atomic E-state index is 0.0473. The van der Waals surface area contributed by atoms with E-state index in [9.17, 15) is 4.79 Å². The van der Waals surface area contributed by atoms with E-state index < -0.39 is 0 Å². The van der Waals surface area contributed by atoms with Crippen molar-refractivity contribution in [2.75, 3.05) is 7.11 Å². The number of rotatable bonds is 3. The second kappa shape index (κ2) is 5.23. The lowest BCUT2D eigenvalue weighted by molar-refractivity contribution is 0.103. The molecular weight excluding hydrogens is 248 g/mol. The first-order valence-corrected chi connectivity index (χ1v) is 5.94. The Labute approximate surface area is 111 Å². The van der Waals surface area contributed by atoms with E-state index in [-0.39, 0.29) is 5.78 Å². The average molecular weight is 261 g/mol. The highest BCUT2D eigenvalue weighted by Crippen LogP contribution is 2.21. The Hall–Kier alpha value is -1.80. The largest absolute Gasteiger partial charge is 0.497 e. The predicted molar refractivity (Wildman–Crippen MR) is 72.6 cm³/mol. The van der Waals surface area contributed by atoms with Crippen molar-refractivity contribution in [1.82, 2.24) is 0 Å². The molecular formula is C15H13ClO2. The van der Waals surface area contributed by atoms with Gasteiger partial charge in [-0.05, 0) is 36.8 Å². The molecule has 0 amide bonds. The number of carbonyl (C=O) groups excluding carboxylic acids is 1. The quantitative estimate of drug-likeness (QED) is 0.783. The molecule has 0 atom stereocenters. The molecule has 2 rings (SSSR count). The maximum atomic E-state index is 12.4. The van der Waals surface area contributed by atoms with Crippen molar-refractivity contribution in [2.24, 2.45) is 0 Å². The Bertz CT molecular complexity index is 591. The molecule has 3 heteroatoms. The van der Waals surface area contributed by atoms with Gasteiger partial charge in [-0.25, -0.2) is 0 Å². The van der Waals surface area contributed by atoms with Crippen LogP contribution in [0, 0.1) is 6.92 Å². The third kappa shape index (κ3) is 2.54. The van der Waals surface area contributed by atoms with E-state index >= 15 is 0 Å². The molecule has 0 aliphatic rings. The summed E-state index contributed by atoms with van der Waals surface area (Å²) in [6.07, 6.45) is 0. The van der Waals surface area contributed by atoms with Crippen LogP contribution in [0.15, 0.2) is 42.5 Å². The monoisotopic (exact) mass is 260 g/mol. The normalized spacial score (nSPS) is 10.2. The van der Waals surface area contributed by atoms with E-state index in [4.69, 9.17) is 16.3 Å². The van der Waals surface area contributed by atoms with Crippen LogP contribution in [0.3, 0.4) is 0 Å². The summed E-state index contributed by atoms with van der Waals surface area (Å²) in [6, 6.07) is 12.4. The number of methoxy groups -OCH3 is 1. The number of halogens is 1. The van der Waals surface area contributed by atoms with Crippen molar-refractivity contribution in [3.63, 3.8) is 0 Å². The standard InChI is InChI=1S/C15H13ClO2/c1-10-6-7-12(16)9-14(10)15(17)11-4-3-5-13(8-11)18-2/h3-9H,1-2H3. The molecule has 0 aromatic heterocycles. The maximum Gasteiger partial charge on any atom is 0.193 e. The first kappa shape index (κ1) is 12.7. The van der Waals surface area contributed by atoms with Gasteiger partial charge in [0.25, 0.3) is 0 Å². The zero-order chi connectivity index (χ0) is 13.1. The van der Waals surface area contributed by atoms with E-state index in [0.717, 1.165) is 5.56 Å². The molecule has 2 nitrogen and oxygen atoms in total. The molecule has 0 radical (unpaired) electrons. The van der Waals surface area contributed by atoms with Crippen molar-refractivity contribution < 1.29 is 9.53 Å². The molecule has 92 valence electrons. The van der Waals surface area contributed by atoms with Gasteiger partial charge in [0.2, 0.25) is 0 Å². The first-order valence-electron chi connectivity index (χ1n) is 5.56. The number of hydrogen-bond donors (Lipinski definition) is 0. The number of ketones is 1. The fourth-order valence-electron chi connectivity index (χ4n) is 1.76. The molecule has 0 N–H and O–H groups in total. The summed E-state index contributed by atoms with van der Waals surface area (Å²) in [5, 5.41) is 0.562. The van der Waals surface area contributed by atoms with Crippen LogP contribution in [-0.4, -0.2) is 12.9 Å². The SMILES string of the molecule is COc1cccc(C(=O)c2cc(Cl)ccc2C)c1. The van der Waals surface area contributed by atoms with Crippen molar-refractivity contribution in [3.8, 4) is 5.75 Å². The van der Waals surface area contributed by atoms with E-state index in [0.29, 0.717) is 21.9 Å². The minimum Gasteiger partial charge on any atom is -0.497 e. The molecule has 0 bridgehead atoms. The van der Waals surface area contributed by atoms with Crippen molar-refractivity contribution in [1.29, 1.82) is 0 Å². The third-order valence-electron chi connectivity index (χ3n) is 2.78. The van der Waals surface area contributed by atoms with E-state index in [2.05, 4.69) is 0 Å². The topological polar surface area (TPSA) is 26.3 Å². The third-order valence-corrected chi connectivity index (χ3v) is 3.01. The number of ether oxygens (including phenoxy) is 1. The van der Waals surface area contributed by atoms with Crippen LogP contribution in [0.4, 0.5) is 0 Å². The second-order valence-electron chi connectivity index (χ2n) is 4.02. The van der Waals surface area contributed by atoms with Crippen molar-refractivity contribution >= 4 is 17.4 Å². The van der Waals surface area contributed by atoms with Crippen molar-refractivity contribution in [3.05, 3.63) is 64.2 Å². The van der Waals surface area contributed by atoms with Gasteiger partial charge in [0, 0.05) is 16.1 Å². The molecule has 0 fully saturated rings. The summed E-state index contributed by atoms with van der Waals surface area (Å²) >= 11 is 5.93. The van der Waals surface area contributed by atoms with Gasteiger partial charge in [-0.15, -0.1) is 0 Å². The molecule has 18 heavy (non-hydrogen) atoms. The minimum atomic E-state index is -0.0473. The highest BCUT2D eigenvalue weighted by Gasteiger charge is 2.12. The average Bonchev–Trinajstić information content (AvgIpc) is 2.41. The van der Waals surface area contributed by atoms with Crippen LogP contribution in [0.25, 0.3) is 0 Å². The Morgan fingerprint density at radius 3 is 2.67 bits per heavy atom. The van der Waals surface area contributed by atoms with Gasteiger partial charge in [0.05, 0.1) is 7.11 Å². The molecule has 0 saturated carbocycles. The highest BCUT2D eigenvalue weighted by molar-refractivity contribution is 6.31. The summed E-state index contributed by atoms with van der Waals surface area (Å²) < 4.78 is 5.12. The van der Waals surface area contributed by atoms with Gasteiger partial charge in [-0.2, -0.15) is 0 Å². The van der Waals surface area contributed by atoms with Crippen LogP contribution in [0.1, 0.15) is 21.5 Å². The zero-order valence-corrected chi connectivity index (χ0v) is 11.0. The molecule has 0 aliphatic carbocycles. The lowest BCUT2D eigenvalue weighted by atomic mass is 9.99. The smallest absolute Gasteiger partial charge is 0.193 e. The van der Waals surface area contributed by atoms with Gasteiger partial charge in [0.1, 0.15) is 5.75 Å². The number of benzene rings is 2. The van der Waals surface area contributed by atoms with E-state index in [1.165, 1.54) is 0 Å². The van der Waals surface area contributed by atoms with Crippen LogP contribution in [-0.2, 0) is 0 Å². The Kier molecular flexibility index (Phi) is 3.68. The lowest BCUT2D eigenvalue weighted by Crippen LogP contribution is -2.03. The molecule has 2 aromatic rings. The highest BCUT2D eigenvalue weighted by atomic mass is 35.5. The van der Waals surface area contributed by atoms with Crippen LogP contribution in [0.5, 0.6) is 5.75 Å². The van der Waals surface area contributed by atoms with Crippen molar-refractivity contribution in [2.45, 2.75) is 6.92 Å². The van der Waals surface area contributed by atoms with Gasteiger partial charge in [-0.3, -0.25) is 4.79 Å². The second-order valence-corrected chi connectivity index (χ2v) is 4.46. The van der Waals surface area contributed by atoms with Gasteiger partial charge in [-0.1, -0.05) is 29.8 Å². The van der Waals surface area contributed by atoms with Gasteiger partial charge in [0.15, 0.2) is 5.78 Å². The molecule has 0 saturated heterocycles. The van der Waals surface area contributed by atoms with Crippen LogP contribution >= 0.6 is 11.6 Å². The number of hydrogen-bond acceptors (Lipinski definition) is 2. The number of aryl methyl sites for hydroxylation is 1. The summed E-state index contributed by atoms with van der Waals surface area (Å²) in [5.74, 6) is 0.620. The van der Waals surface area contributed by atoms with Crippen LogP contribution in [0.2, 0.25) is 5.02 Å². The Morgan fingerprint density at radius 2 is 1.94 bits per heavy atom. The summed E-state index contributed by atoms with van der Waals surface area (Å²) in [6.45, 7) is 1.89. The molecule has 0 spiro atoms. The molecule has 0 unspecified atom stereocenters. The maximum absolute atomic E-state index is 12.4. The zero-order valence-electron chi connectivity index (χ0n) is 10.2.